The Kier molecular flexibility index (Phi) is 33.0. The van der Waals surface area contributed by atoms with E-state index in [0.717, 1.165) is 134 Å². The molecule has 0 aliphatic carbocycles. The molecule has 0 bridgehead atoms. The molecule has 8 N–H and O–H groups in total. The number of nitrogens with one attached hydrogen (secondary N) is 2. The van der Waals surface area contributed by atoms with Crippen LogP contribution in [-0.4, -0.2) is 116 Å². The van der Waals surface area contributed by atoms with Crippen LogP contribution in [0.25, 0.3) is 99.2 Å². The molecule has 18 aromatic rings. The summed E-state index contributed by atoms with van der Waals surface area (Å²) in [6, 6.07) is 88.6. The fraction of sp³-hybridized carbons (Fsp3) is 0.158. The number of hydrogen-bond acceptors (Lipinski definition) is 19. The van der Waals surface area contributed by atoms with Gasteiger partial charge in [0.05, 0.1) is 115 Å². The van der Waals surface area contributed by atoms with Gasteiger partial charge in [-0.05, 0) is 253 Å². The summed E-state index contributed by atoms with van der Waals surface area (Å²) in [6.45, 7) is 17.3. The minimum atomic E-state index is -3.34. The van der Waals surface area contributed by atoms with Gasteiger partial charge in [0.2, 0.25) is 30.1 Å². The van der Waals surface area contributed by atoms with Crippen molar-refractivity contribution in [2.75, 3.05) is 46.2 Å². The van der Waals surface area contributed by atoms with E-state index in [0.29, 0.717) is 112 Å². The Morgan fingerprint density at radius 1 is 0.329 bits per heavy atom. The molecule has 32 heteroatoms. The molecule has 6 aromatic heterocycles. The second-order valence-corrected chi connectivity index (χ2v) is 39.1. The van der Waals surface area contributed by atoms with Crippen LogP contribution in [-0.2, 0) is 69.3 Å². The topological polar surface area (TPSA) is 433 Å². The molecule has 0 radical (unpaired) electrons. The summed E-state index contributed by atoms with van der Waals surface area (Å²) in [4.78, 5) is 0. The quantitative estimate of drug-likeness (QED) is 0.0393. The number of fused-ring (bicyclic) bond motifs is 6. The van der Waals surface area contributed by atoms with E-state index < -0.39 is 30.1 Å². The lowest BCUT2D eigenvalue weighted by atomic mass is 10.1. The first-order valence-electron chi connectivity index (χ1n) is 45.8. The Balaban J connectivity index is 0.000000147. The Labute approximate surface area is 850 Å². The van der Waals surface area contributed by atoms with Gasteiger partial charge in [0.25, 0.3) is 0 Å². The number of aryl methyl sites for hydroxylation is 6. The highest BCUT2D eigenvalue weighted by atomic mass is 35.5. The van der Waals surface area contributed by atoms with E-state index >= 15 is 0 Å². The lowest BCUT2D eigenvalue weighted by molar-refractivity contribution is 0.415. The van der Waals surface area contributed by atoms with Gasteiger partial charge in [-0.2, -0.15) is 31.6 Å². The summed E-state index contributed by atoms with van der Waals surface area (Å²) in [5, 5.41) is 122. The fourth-order valence-corrected chi connectivity index (χ4v) is 18.8. The summed E-state index contributed by atoms with van der Waals surface area (Å²) < 4.78 is 92.4. The van der Waals surface area contributed by atoms with Gasteiger partial charge in [-0.15, -0.1) is 0 Å². The molecule has 0 atom stereocenters. The number of ether oxygens (including phenoxy) is 1. The highest BCUT2D eigenvalue weighted by Gasteiger charge is 2.26. The lowest BCUT2D eigenvalue weighted by Crippen LogP contribution is -2.24. The van der Waals surface area contributed by atoms with Crippen molar-refractivity contribution in [1.82, 2.24) is 27.4 Å². The number of methoxy groups -OCH3 is 1. The number of aromatic nitrogens is 6. The number of hydrogen-bond donors (Lipinski definition) is 8. The Morgan fingerprint density at radius 2 is 0.596 bits per heavy atom. The number of nitriles is 6. The van der Waals surface area contributed by atoms with Gasteiger partial charge < -0.3 is 62.8 Å². The van der Waals surface area contributed by atoms with E-state index in [4.69, 9.17) is 16.3 Å². The molecule has 28 nitrogen and oxygen atoms in total. The van der Waals surface area contributed by atoms with E-state index in [9.17, 15) is 87.5 Å². The van der Waals surface area contributed by atoms with Gasteiger partial charge in [-0.3, -0.25) is 13.7 Å². The summed E-state index contributed by atoms with van der Waals surface area (Å²) in [5.41, 5.74) is 18.8. The first kappa shape index (κ1) is 105. The highest BCUT2D eigenvalue weighted by molar-refractivity contribution is 7.92. The van der Waals surface area contributed by atoms with Crippen molar-refractivity contribution in [2.45, 2.75) is 87.7 Å². The van der Waals surface area contributed by atoms with E-state index in [1.54, 1.807) is 208 Å². The number of phenols is 6. The van der Waals surface area contributed by atoms with Crippen molar-refractivity contribution >= 4 is 124 Å². The molecule has 0 unspecified atom stereocenters. The molecule has 18 rings (SSSR count). The lowest BCUT2D eigenvalue weighted by Gasteiger charge is -2.17. The third-order valence-corrected chi connectivity index (χ3v) is 27.2. The summed E-state index contributed by atoms with van der Waals surface area (Å²) in [7, 11) is -6.90. The zero-order valence-electron chi connectivity index (χ0n) is 81.2. The molecule has 0 fully saturated rings. The average Bonchev–Trinajstić information content (AvgIpc) is 1.59. The molecule has 0 aliphatic rings. The Hall–Kier alpha value is -18.4. The second-order valence-electron chi connectivity index (χ2n) is 32.8. The van der Waals surface area contributed by atoms with E-state index in [2.05, 4.69) is 81.4 Å². The van der Waals surface area contributed by atoms with Crippen molar-refractivity contribution in [3.05, 3.63) is 333 Å². The highest BCUT2D eigenvalue weighted by Crippen LogP contribution is 2.41. The molecule has 0 amide bonds. The molecule has 0 saturated heterocycles. The number of sulfonamides is 3. The molecule has 6 heterocycles. The second kappa shape index (κ2) is 45.9. The largest absolute Gasteiger partial charge is 0.508 e. The molecular formula is C114H98ClN15O13S3. The fourth-order valence-electron chi connectivity index (χ4n) is 17.0. The molecule has 0 saturated carbocycles. The zero-order chi connectivity index (χ0) is 105. The van der Waals surface area contributed by atoms with Gasteiger partial charge in [-0.25, -0.2) is 25.3 Å². The molecule has 732 valence electrons. The van der Waals surface area contributed by atoms with Crippen LogP contribution in [0.15, 0.2) is 261 Å². The molecule has 12 aromatic carbocycles. The number of aromatic hydroxyl groups is 6. The normalized spacial score (nSPS) is 10.8. The smallest absolute Gasteiger partial charge is 0.232 e. The summed E-state index contributed by atoms with van der Waals surface area (Å²) >= 11 is 5.87. The minimum Gasteiger partial charge on any atom is -0.508 e. The van der Waals surface area contributed by atoms with Gasteiger partial charge >= 0.3 is 0 Å². The van der Waals surface area contributed by atoms with Crippen molar-refractivity contribution in [1.29, 1.82) is 31.6 Å². The Bertz CT molecular complexity index is 8910. The van der Waals surface area contributed by atoms with Crippen molar-refractivity contribution in [2.24, 2.45) is 0 Å². The summed E-state index contributed by atoms with van der Waals surface area (Å²) in [5.74, 6) is 20.3. The van der Waals surface area contributed by atoms with Gasteiger partial charge in [0.15, 0.2) is 0 Å². The molecule has 146 heavy (non-hydrogen) atoms. The summed E-state index contributed by atoms with van der Waals surface area (Å²) in [6.07, 6.45) is 2.24. The van der Waals surface area contributed by atoms with Crippen molar-refractivity contribution < 1.29 is 60.6 Å². The monoisotopic (exact) mass is 2020 g/mol. The van der Waals surface area contributed by atoms with Crippen LogP contribution in [0, 0.1) is 104 Å². The van der Waals surface area contributed by atoms with Crippen LogP contribution in [0.3, 0.4) is 0 Å². The maximum Gasteiger partial charge on any atom is 0.232 e. The minimum absolute atomic E-state index is 0.000893. The first-order valence-corrected chi connectivity index (χ1v) is 51.6. The number of anilines is 3. The SMILES string of the molecule is CCn1c(-c2ccc(N(C)S(C)(=O)=O)cc2)c(C#N)c2ccc(O)cc21.CCn1c(-c2ccc(NS(=O)(=O)CC)cc2)c(C#N)c2ccc(O)cc21.CCn1c(-c2ccc(NS(C)(=O)=O)cc2)c(C#N)c2ccc(O)cc21.CCn1c(C#Cc2ccc(Cl)cc2)c(C#N)c2ccc(O)cc21.CCn1c(C#Cc2ccc(OC)cc2)c(C#N)c2ccc(O)cc21.CCn1c(C#Cc2ccccc2)c(C#N)c2ccc(O)cc21. The van der Waals surface area contributed by atoms with Crippen LogP contribution in [0.5, 0.6) is 40.2 Å². The van der Waals surface area contributed by atoms with Gasteiger partial charge in [-0.1, -0.05) is 84.0 Å². The number of halogens is 1. The molecule has 0 spiro atoms. The number of phenolic OH excluding ortho intramolecular Hbond substituents is 6. The maximum atomic E-state index is 11.7. The van der Waals surface area contributed by atoms with E-state index in [1.165, 1.54) is 11.4 Å². The standard InChI is InChI=1S/C20H16N2O2.C19H13ClN2O.2C19H19N3O3S.C19H14N2O.C18H17N3O3S/c1-3-22-19(11-6-14-4-8-16(24-2)9-5-14)18(13-21)17-10-7-15(23)12-20(17)22;1-2-22-18(10-5-13-3-6-14(20)7-4-13)17(12-21)16-9-8-15(23)11-19(16)22;1-4-22-18-11-15(23)9-10-16(18)17(12-20)19(22)13-5-7-14(8-6-13)21(2)26(3,24)25;1-3-22-18-11-15(23)9-10-16(18)17(12-20)19(22)13-5-7-14(8-6-13)21-26(24,25)4-2;1-2-21-18(11-8-14-6-4-3-5-7-14)17(13-20)16-10-9-15(22)12-19(16)21;1-3-21-17-10-14(22)8-9-15(17)16(11-19)18(21)12-4-6-13(7-5-12)20-25(2,23)24/h4-5,7-10,12,23H,3H2,1-2H3;3-4,6-9,11,23H,2H2,1H3;5-11,23H,4H2,1-3H3;5-11,21,23H,3-4H2,1-2H3;3-7,9-10,12,22H,2H2,1H3;4-10,20,22H,3H2,1-2H3. The van der Waals surface area contributed by atoms with Gasteiger partial charge in [0, 0.05) is 148 Å². The molecular weight excluding hydrogens is 1920 g/mol. The zero-order valence-corrected chi connectivity index (χ0v) is 84.4. The Morgan fingerprint density at radius 3 is 0.863 bits per heavy atom. The third kappa shape index (κ3) is 23.3. The van der Waals surface area contributed by atoms with Crippen LogP contribution in [0.1, 0.15) is 116 Å². The predicted molar refractivity (Wildman–Crippen MR) is 574 cm³/mol. The van der Waals surface area contributed by atoms with Crippen molar-refractivity contribution in [3.8, 4) is 146 Å². The first-order chi connectivity index (χ1) is 70.1. The van der Waals surface area contributed by atoms with Crippen molar-refractivity contribution in [3.63, 3.8) is 0 Å². The van der Waals surface area contributed by atoms with Gasteiger partial charge in [0.1, 0.15) is 93.7 Å². The van der Waals surface area contributed by atoms with E-state index in [-0.39, 0.29) is 40.2 Å². The third-order valence-electron chi connectivity index (χ3n) is 23.8. The van der Waals surface area contributed by atoms with Crippen LogP contribution in [0.4, 0.5) is 17.1 Å². The number of benzene rings is 12. The maximum absolute atomic E-state index is 11.7. The van der Waals surface area contributed by atoms with Crippen LogP contribution in [0.2, 0.25) is 5.02 Å². The van der Waals surface area contributed by atoms with Crippen LogP contribution < -0.4 is 18.5 Å². The predicted octanol–water partition coefficient (Wildman–Crippen LogP) is 21.8. The average molecular weight is 2020 g/mol. The molecule has 0 aliphatic heterocycles. The number of nitrogens with zero attached hydrogens (tertiary/aromatic N) is 13. The number of rotatable bonds is 17. The van der Waals surface area contributed by atoms with Crippen LogP contribution >= 0.6 is 11.6 Å². The van der Waals surface area contributed by atoms with E-state index in [1.807, 2.05) is 136 Å².